The van der Waals surface area contributed by atoms with Gasteiger partial charge in [0.05, 0.1) is 7.05 Å². The number of carbonyl (C=O) groups excluding carboxylic acids is 3. The molecule has 4 amide bonds. The largest absolute Gasteiger partial charge is 0.483 e. The number of amidine groups is 1. The molecular weight excluding hydrogens is 524 g/mol. The van der Waals surface area contributed by atoms with Gasteiger partial charge in [0.25, 0.3) is 11.8 Å². The van der Waals surface area contributed by atoms with Crippen molar-refractivity contribution >= 4 is 51.0 Å². The number of halogens is 1. The summed E-state index contributed by atoms with van der Waals surface area (Å²) >= 11 is 6.22. The molecule has 0 spiro atoms. The third-order valence-corrected chi connectivity index (χ3v) is 8.08. The molecule has 0 fully saturated rings. The molecule has 12 nitrogen and oxygen atoms in total. The van der Waals surface area contributed by atoms with Crippen LogP contribution in [0.3, 0.4) is 0 Å². The molecule has 2 aromatic carbocycles. The number of amides is 4. The molecule has 0 saturated heterocycles. The van der Waals surface area contributed by atoms with Gasteiger partial charge in [0.15, 0.2) is 12.3 Å². The van der Waals surface area contributed by atoms with Gasteiger partial charge >= 0.3 is 16.1 Å². The van der Waals surface area contributed by atoms with Crippen LogP contribution in [0.1, 0.15) is 34.8 Å². The summed E-state index contributed by atoms with van der Waals surface area (Å²) in [6, 6.07) is 7.67. The van der Waals surface area contributed by atoms with Crippen molar-refractivity contribution in [1.29, 1.82) is 5.41 Å². The van der Waals surface area contributed by atoms with Crippen LogP contribution in [0, 0.1) is 5.41 Å². The molecule has 2 aromatic rings. The van der Waals surface area contributed by atoms with Crippen LogP contribution in [0.5, 0.6) is 5.75 Å². The maximum Gasteiger partial charge on any atom is 0.436 e. The quantitative estimate of drug-likeness (QED) is 0.158. The Morgan fingerprint density at radius 1 is 1.11 bits per heavy atom. The highest BCUT2D eigenvalue weighted by molar-refractivity contribution is 7.91. The van der Waals surface area contributed by atoms with E-state index in [9.17, 15) is 22.8 Å². The molecule has 0 aliphatic rings. The van der Waals surface area contributed by atoms with Crippen LogP contribution >= 0.6 is 11.6 Å². The highest BCUT2D eigenvalue weighted by Gasteiger charge is 2.47. The van der Waals surface area contributed by atoms with Gasteiger partial charge in [-0.25, -0.2) is 4.79 Å². The Labute approximate surface area is 220 Å². The molecule has 0 radical (unpaired) electrons. The van der Waals surface area contributed by atoms with Gasteiger partial charge in [0.1, 0.15) is 17.3 Å². The first kappa shape index (κ1) is 29.5. The zero-order chi connectivity index (χ0) is 28.0. The monoisotopic (exact) mass is 553 g/mol. The zero-order valence-corrected chi connectivity index (χ0v) is 22.2. The number of ether oxygens (including phenoxy) is 1. The molecule has 7 N–H and O–H groups in total. The number of quaternary nitrogens is 1. The van der Waals surface area contributed by atoms with Crippen LogP contribution < -0.4 is 30.7 Å². The Balaban J connectivity index is 2.42. The Morgan fingerprint density at radius 2 is 1.78 bits per heavy atom. The lowest BCUT2D eigenvalue weighted by atomic mass is 10.1. The fourth-order valence-electron chi connectivity index (χ4n) is 3.44. The van der Waals surface area contributed by atoms with Crippen LogP contribution in [0.15, 0.2) is 36.4 Å². The number of nitrogens with two attached hydrogens (primary N) is 2. The lowest BCUT2D eigenvalue weighted by Gasteiger charge is -2.29. The minimum Gasteiger partial charge on any atom is -0.483 e. The number of primary amides is 1. The molecule has 0 aliphatic heterocycles. The van der Waals surface area contributed by atoms with Crippen LogP contribution in [0.4, 0.5) is 10.5 Å². The minimum absolute atomic E-state index is 0.0123. The number of carbonyl (C=O) groups is 3. The van der Waals surface area contributed by atoms with Gasteiger partial charge < -0.3 is 26.8 Å². The second kappa shape index (κ2) is 12.0. The molecule has 0 saturated carbocycles. The van der Waals surface area contributed by atoms with E-state index in [1.807, 2.05) is 0 Å². The Hall–Kier alpha value is -3.68. The number of rotatable bonds is 11. The van der Waals surface area contributed by atoms with Crippen molar-refractivity contribution in [2.24, 2.45) is 11.5 Å². The Morgan fingerprint density at radius 3 is 2.35 bits per heavy atom. The first-order valence-corrected chi connectivity index (χ1v) is 13.0. The maximum atomic E-state index is 13.1. The Bertz CT molecular complexity index is 1330. The third kappa shape index (κ3) is 6.76. The Kier molecular flexibility index (Phi) is 9.61. The van der Waals surface area contributed by atoms with Gasteiger partial charge in [-0.3, -0.25) is 15.0 Å². The van der Waals surface area contributed by atoms with Gasteiger partial charge in [-0.05, 0) is 18.6 Å². The van der Waals surface area contributed by atoms with Crippen molar-refractivity contribution in [3.05, 3.63) is 58.1 Å². The lowest BCUT2D eigenvalue weighted by molar-refractivity contribution is -0.119. The van der Waals surface area contributed by atoms with E-state index in [0.717, 1.165) is 0 Å². The van der Waals surface area contributed by atoms with E-state index < -0.39 is 38.4 Å². The molecule has 0 bridgehead atoms. The fraction of sp³-hybridized carbons (Fsp3) is 0.304. The summed E-state index contributed by atoms with van der Waals surface area (Å²) in [7, 11) is -1.50. The number of urea groups is 1. The van der Waals surface area contributed by atoms with Crippen LogP contribution in [-0.4, -0.2) is 58.6 Å². The summed E-state index contributed by atoms with van der Waals surface area (Å²) in [4.78, 5) is 36.9. The molecule has 2 rings (SSSR count). The van der Waals surface area contributed by atoms with E-state index >= 15 is 0 Å². The van der Waals surface area contributed by atoms with Gasteiger partial charge in [0.2, 0.25) is 0 Å². The summed E-state index contributed by atoms with van der Waals surface area (Å²) in [5.74, 6) is -1.63. The van der Waals surface area contributed by atoms with Crippen LogP contribution in [-0.2, 0) is 21.4 Å². The number of hydrogen-bond donors (Lipinski definition) is 5. The van der Waals surface area contributed by atoms with Crippen molar-refractivity contribution in [2.75, 3.05) is 26.5 Å². The van der Waals surface area contributed by atoms with Gasteiger partial charge in [0, 0.05) is 47.4 Å². The van der Waals surface area contributed by atoms with E-state index in [4.69, 9.17) is 33.2 Å². The number of nitrogens with zero attached hydrogens (tertiary/aromatic N) is 1. The third-order valence-electron chi connectivity index (χ3n) is 5.44. The molecule has 0 heterocycles. The van der Waals surface area contributed by atoms with E-state index in [-0.39, 0.29) is 46.6 Å². The molecule has 37 heavy (non-hydrogen) atoms. The average molecular weight is 554 g/mol. The summed E-state index contributed by atoms with van der Waals surface area (Å²) in [6.07, 6.45) is 0.281. The predicted molar refractivity (Wildman–Crippen MR) is 141 cm³/mol. The normalized spacial score (nSPS) is 12.8. The lowest BCUT2D eigenvalue weighted by Crippen LogP contribution is -2.59. The summed E-state index contributed by atoms with van der Waals surface area (Å²) in [5.41, 5.74) is 11.5. The molecule has 1 unspecified atom stereocenters. The van der Waals surface area contributed by atoms with E-state index in [1.54, 1.807) is 19.1 Å². The highest BCUT2D eigenvalue weighted by atomic mass is 35.5. The van der Waals surface area contributed by atoms with Crippen LogP contribution in [0.2, 0.25) is 5.02 Å². The molecule has 0 aliphatic carbocycles. The first-order valence-electron chi connectivity index (χ1n) is 11.1. The van der Waals surface area contributed by atoms with Gasteiger partial charge in [-0.1, -0.05) is 30.7 Å². The summed E-state index contributed by atoms with van der Waals surface area (Å²) < 4.78 is 30.4. The number of sulfonamides is 1. The second-order valence-corrected chi connectivity index (χ2v) is 10.9. The molecule has 0 aromatic heterocycles. The highest BCUT2D eigenvalue weighted by Crippen LogP contribution is 2.31. The van der Waals surface area contributed by atoms with Gasteiger partial charge in [-0.2, -0.15) is 8.42 Å². The summed E-state index contributed by atoms with van der Waals surface area (Å²) in [6.45, 7) is 1.18. The first-order chi connectivity index (χ1) is 17.3. The maximum absolute atomic E-state index is 13.1. The van der Waals surface area contributed by atoms with Crippen molar-refractivity contribution in [3.63, 3.8) is 0 Å². The molecule has 1 atom stereocenters. The molecular formula is C23H30ClN6O6S+. The number of hydrogen-bond acceptors (Lipinski definition) is 7. The van der Waals surface area contributed by atoms with Crippen molar-refractivity contribution in [1.82, 2.24) is 14.5 Å². The molecule has 14 heteroatoms. The number of benzene rings is 2. The van der Waals surface area contributed by atoms with Crippen molar-refractivity contribution in [2.45, 2.75) is 19.9 Å². The van der Waals surface area contributed by atoms with E-state index in [2.05, 4.69) is 10.6 Å². The number of nitrogen functional groups attached to an aromatic ring is 1. The average Bonchev–Trinajstić information content (AvgIpc) is 2.84. The van der Waals surface area contributed by atoms with E-state index in [1.165, 1.54) is 38.4 Å². The minimum atomic E-state index is -4.03. The molecule has 200 valence electrons. The standard InChI is InChI=1S/C23H29ClN6O6S/c1-4-7-37(34,35)30(3,23(33)28-2)18-9-16(8-17(24)11-18)22(32)29-12-15-6-5-14(21(26)27)10-19(15)36-13-20(25)31/h5-6,8-11H,4,7,12-13H2,1-3H3,(H6-,25,26,27,28,29,31,32,33)/p+1. The second-order valence-electron chi connectivity index (χ2n) is 8.14. The smallest absolute Gasteiger partial charge is 0.436 e. The SMILES string of the molecule is CCCS(=O)(=O)[N+](C)(C(=O)NC)c1cc(Cl)cc(C(=O)NCc2ccc(C(=N)N)cc2OCC(N)=O)c1. The fourth-order valence-corrected chi connectivity index (χ4v) is 5.32. The summed E-state index contributed by atoms with van der Waals surface area (Å²) in [5, 5.41) is 12.7. The van der Waals surface area contributed by atoms with E-state index in [0.29, 0.717) is 11.1 Å². The number of nitrogens with one attached hydrogen (secondary N) is 3. The van der Waals surface area contributed by atoms with Gasteiger partial charge in [-0.15, -0.1) is 3.89 Å². The predicted octanol–water partition coefficient (Wildman–Crippen LogP) is 1.43. The zero-order valence-electron chi connectivity index (χ0n) is 20.6. The van der Waals surface area contributed by atoms with Crippen LogP contribution in [0.25, 0.3) is 0 Å². The van der Waals surface area contributed by atoms with Crippen molar-refractivity contribution in [3.8, 4) is 5.75 Å². The topological polar surface area (TPSA) is 195 Å². The van der Waals surface area contributed by atoms with Crippen molar-refractivity contribution < 1.29 is 27.5 Å².